The van der Waals surface area contributed by atoms with Gasteiger partial charge in [0, 0.05) is 63.0 Å². The van der Waals surface area contributed by atoms with Gasteiger partial charge in [-0.15, -0.1) is 0 Å². The molecule has 3 aliphatic rings. The van der Waals surface area contributed by atoms with Gasteiger partial charge in [0.15, 0.2) is 0 Å². The van der Waals surface area contributed by atoms with Crippen LogP contribution in [0.25, 0.3) is 27.8 Å². The Balaban J connectivity index is 1.26. The van der Waals surface area contributed by atoms with Crippen LogP contribution in [0.4, 0.5) is 4.39 Å². The van der Waals surface area contributed by atoms with Gasteiger partial charge in [-0.25, -0.2) is 8.91 Å². The number of aromatic nitrogens is 3. The van der Waals surface area contributed by atoms with E-state index in [1.54, 1.807) is 19.2 Å². The molecular formula is C34H43FN6O3. The number of piperidine rings is 2. The summed E-state index contributed by atoms with van der Waals surface area (Å²) < 4.78 is 24.5. The van der Waals surface area contributed by atoms with Gasteiger partial charge in [-0.3, -0.25) is 9.69 Å². The lowest BCUT2D eigenvalue weighted by Crippen LogP contribution is -2.45. The summed E-state index contributed by atoms with van der Waals surface area (Å²) in [6.45, 7) is 6.00. The molecule has 0 radical (unpaired) electrons. The number of ether oxygens (including phenoxy) is 1. The molecule has 7 rings (SSSR count). The lowest BCUT2D eigenvalue weighted by Gasteiger charge is -2.35. The average Bonchev–Trinajstić information content (AvgIpc) is 3.70. The van der Waals surface area contributed by atoms with Crippen molar-refractivity contribution in [1.82, 2.24) is 24.0 Å². The smallest absolute Gasteiger partial charge is 0.255 e. The van der Waals surface area contributed by atoms with E-state index in [2.05, 4.69) is 17.6 Å². The van der Waals surface area contributed by atoms with Gasteiger partial charge in [-0.1, -0.05) is 0 Å². The zero-order chi connectivity index (χ0) is 30.5. The molecule has 44 heavy (non-hydrogen) atoms. The van der Waals surface area contributed by atoms with Gasteiger partial charge in [-0.2, -0.15) is 5.10 Å². The summed E-state index contributed by atoms with van der Waals surface area (Å²) in [5.41, 5.74) is 12.7. The fourth-order valence-corrected chi connectivity index (χ4v) is 7.35. The normalized spacial score (nSPS) is 21.0. The molecule has 1 aliphatic carbocycles. The van der Waals surface area contributed by atoms with Crippen molar-refractivity contribution in [2.75, 3.05) is 39.9 Å². The maximum Gasteiger partial charge on any atom is 0.255 e. The number of pyridine rings is 1. The zero-order valence-corrected chi connectivity index (χ0v) is 25.7. The quantitative estimate of drug-likeness (QED) is 0.308. The van der Waals surface area contributed by atoms with Crippen molar-refractivity contribution in [1.29, 1.82) is 0 Å². The number of carbonyl (C=O) groups is 1. The number of aliphatic hydroxyl groups excluding tert-OH is 1. The third kappa shape index (κ3) is 5.53. The molecule has 1 aromatic carbocycles. The molecule has 2 saturated heterocycles. The Bertz CT molecular complexity index is 1690. The monoisotopic (exact) mass is 602 g/mol. The second-order valence-electron chi connectivity index (χ2n) is 13.1. The predicted octanol–water partition coefficient (Wildman–Crippen LogP) is 4.52. The first-order chi connectivity index (χ1) is 21.3. The minimum absolute atomic E-state index is 0.0134. The van der Waals surface area contributed by atoms with Gasteiger partial charge < -0.3 is 25.0 Å². The molecule has 3 N–H and O–H groups in total. The standard InChI is InChI=1S/C34H43FN6O3/c1-21-29-8-7-24(34(43)39-11-3-4-27(36)19-39)18-41(29)37-32(21)30-15-25-14-26(35)16-28(33(25)40(30)17-22-5-6-22)23-9-12-38(13-10-23)31(42)20-44-2/h7-8,14-16,18,22-23,27,31,42H,3-6,9-13,17,19-20,36H2,1-2H3/t27-,31?/m1/s1. The van der Waals surface area contributed by atoms with Crippen molar-refractivity contribution < 1.29 is 19.0 Å². The maximum absolute atomic E-state index is 15.2. The number of fused-ring (bicyclic) bond motifs is 2. The fourth-order valence-electron chi connectivity index (χ4n) is 7.35. The summed E-state index contributed by atoms with van der Waals surface area (Å²) in [6.07, 6.45) is 7.15. The predicted molar refractivity (Wildman–Crippen MR) is 168 cm³/mol. The molecular weight excluding hydrogens is 559 g/mol. The second kappa shape index (κ2) is 11.9. The first-order valence-corrected chi connectivity index (χ1v) is 16.1. The maximum atomic E-state index is 15.2. The number of nitrogens with zero attached hydrogens (tertiary/aromatic N) is 5. The number of hydrogen-bond donors (Lipinski definition) is 2. The van der Waals surface area contributed by atoms with E-state index in [0.29, 0.717) is 18.0 Å². The highest BCUT2D eigenvalue weighted by atomic mass is 19.1. The van der Waals surface area contributed by atoms with Crippen molar-refractivity contribution in [3.05, 3.63) is 59.0 Å². The van der Waals surface area contributed by atoms with E-state index in [1.807, 2.05) is 32.6 Å². The van der Waals surface area contributed by atoms with E-state index in [0.717, 1.165) is 90.8 Å². The van der Waals surface area contributed by atoms with Crippen LogP contribution >= 0.6 is 0 Å². The summed E-state index contributed by atoms with van der Waals surface area (Å²) in [4.78, 5) is 17.2. The van der Waals surface area contributed by atoms with Gasteiger partial charge in [0.2, 0.25) is 0 Å². The van der Waals surface area contributed by atoms with Crippen LogP contribution in [0.3, 0.4) is 0 Å². The highest BCUT2D eigenvalue weighted by Crippen LogP contribution is 2.41. The van der Waals surface area contributed by atoms with Crippen molar-refractivity contribution >= 4 is 22.3 Å². The SMILES string of the molecule is COCC(O)N1CCC(c2cc(F)cc3cc(-c4nn5cc(C(=O)N6CCC[C@@H](N)C6)ccc5c4C)n(CC4CC4)c23)CC1. The van der Waals surface area contributed by atoms with Crippen LogP contribution in [0.15, 0.2) is 36.5 Å². The van der Waals surface area contributed by atoms with Gasteiger partial charge in [0.1, 0.15) is 17.7 Å². The van der Waals surface area contributed by atoms with Crippen molar-refractivity contribution in [3.63, 3.8) is 0 Å². The molecule has 2 aliphatic heterocycles. The minimum atomic E-state index is -0.620. The van der Waals surface area contributed by atoms with Crippen LogP contribution < -0.4 is 5.73 Å². The number of aryl methyl sites for hydroxylation is 1. The van der Waals surface area contributed by atoms with Gasteiger partial charge in [0.05, 0.1) is 28.9 Å². The number of amides is 1. The number of methoxy groups -OCH3 is 1. The Kier molecular flexibility index (Phi) is 7.95. The number of halogens is 1. The number of aliphatic hydroxyl groups is 1. The molecule has 0 spiro atoms. The molecule has 1 saturated carbocycles. The molecule has 1 unspecified atom stereocenters. The lowest BCUT2D eigenvalue weighted by atomic mass is 9.88. The Labute approximate surface area is 257 Å². The molecule has 4 aromatic rings. The fraction of sp³-hybridized carbons (Fsp3) is 0.529. The van der Waals surface area contributed by atoms with Gasteiger partial charge in [-0.05, 0) is 93.2 Å². The number of nitrogens with two attached hydrogens (primary N) is 1. The van der Waals surface area contributed by atoms with Crippen LogP contribution in [-0.4, -0.2) is 87.2 Å². The molecule has 3 aromatic heterocycles. The summed E-state index contributed by atoms with van der Waals surface area (Å²) in [5, 5.41) is 16.4. The molecule has 1 amide bonds. The summed E-state index contributed by atoms with van der Waals surface area (Å²) in [6, 6.07) is 9.36. The topological polar surface area (TPSA) is 101 Å². The Morgan fingerprint density at radius 1 is 1.14 bits per heavy atom. The van der Waals surface area contributed by atoms with Crippen LogP contribution in [0.5, 0.6) is 0 Å². The molecule has 3 fully saturated rings. The van der Waals surface area contributed by atoms with Crippen LogP contribution in [0, 0.1) is 18.7 Å². The summed E-state index contributed by atoms with van der Waals surface area (Å²) in [5.74, 6) is 0.557. The molecule has 10 heteroatoms. The average molecular weight is 603 g/mol. The third-order valence-corrected chi connectivity index (χ3v) is 9.94. The highest BCUT2D eigenvalue weighted by Gasteiger charge is 2.31. The van der Waals surface area contributed by atoms with Crippen molar-refractivity contribution in [3.8, 4) is 11.4 Å². The minimum Gasteiger partial charge on any atom is -0.381 e. The van der Waals surface area contributed by atoms with Crippen molar-refractivity contribution in [2.24, 2.45) is 11.7 Å². The summed E-state index contributed by atoms with van der Waals surface area (Å²) in [7, 11) is 1.60. The number of benzene rings is 1. The van der Waals surface area contributed by atoms with Crippen LogP contribution in [-0.2, 0) is 11.3 Å². The van der Waals surface area contributed by atoms with E-state index < -0.39 is 6.23 Å². The Morgan fingerprint density at radius 2 is 1.93 bits per heavy atom. The molecule has 2 atom stereocenters. The first kappa shape index (κ1) is 29.4. The van der Waals surface area contributed by atoms with E-state index in [4.69, 9.17) is 15.6 Å². The molecule has 0 bridgehead atoms. The highest BCUT2D eigenvalue weighted by molar-refractivity contribution is 5.95. The molecule has 9 nitrogen and oxygen atoms in total. The van der Waals surface area contributed by atoms with Gasteiger partial charge >= 0.3 is 0 Å². The number of rotatable bonds is 8. The third-order valence-electron chi connectivity index (χ3n) is 9.94. The van der Waals surface area contributed by atoms with Crippen LogP contribution in [0.1, 0.15) is 65.9 Å². The molecule has 5 heterocycles. The largest absolute Gasteiger partial charge is 0.381 e. The van der Waals surface area contributed by atoms with E-state index in [-0.39, 0.29) is 30.3 Å². The molecule has 234 valence electrons. The zero-order valence-electron chi connectivity index (χ0n) is 25.7. The Hall–Kier alpha value is -3.31. The number of likely N-dealkylation sites (tertiary alicyclic amines) is 2. The Morgan fingerprint density at radius 3 is 2.66 bits per heavy atom. The first-order valence-electron chi connectivity index (χ1n) is 16.1. The lowest BCUT2D eigenvalue weighted by molar-refractivity contribution is -0.0564. The second-order valence-corrected chi connectivity index (χ2v) is 13.1. The van der Waals surface area contributed by atoms with E-state index >= 15 is 4.39 Å². The van der Waals surface area contributed by atoms with Crippen LogP contribution in [0.2, 0.25) is 0 Å². The van der Waals surface area contributed by atoms with Gasteiger partial charge in [0.25, 0.3) is 5.91 Å². The summed E-state index contributed by atoms with van der Waals surface area (Å²) >= 11 is 0. The number of carbonyl (C=O) groups excluding carboxylic acids is 1. The van der Waals surface area contributed by atoms with E-state index in [9.17, 15) is 9.90 Å². The van der Waals surface area contributed by atoms with Crippen molar-refractivity contribution in [2.45, 2.75) is 70.2 Å². The number of hydrogen-bond acceptors (Lipinski definition) is 6. The van der Waals surface area contributed by atoms with E-state index in [1.165, 1.54) is 12.8 Å².